The van der Waals surface area contributed by atoms with E-state index in [0.29, 0.717) is 0 Å². The Balaban J connectivity index is 1.78. The van der Waals surface area contributed by atoms with E-state index in [2.05, 4.69) is 10.1 Å². The number of anilines is 1. The summed E-state index contributed by atoms with van der Waals surface area (Å²) in [6.07, 6.45) is 1.62. The van der Waals surface area contributed by atoms with Crippen LogP contribution in [0.1, 0.15) is 20.8 Å². The molecule has 11 nitrogen and oxygen atoms in total. The van der Waals surface area contributed by atoms with Crippen molar-refractivity contribution in [1.82, 2.24) is 14.3 Å². The number of rotatable bonds is 4. The van der Waals surface area contributed by atoms with Crippen molar-refractivity contribution >= 4 is 40.3 Å². The van der Waals surface area contributed by atoms with Gasteiger partial charge in [-0.1, -0.05) is 36.4 Å². The van der Waals surface area contributed by atoms with Crippen molar-refractivity contribution in [3.63, 3.8) is 0 Å². The Bertz CT molecular complexity index is 1580. The molecule has 196 valence electrons. The Hall–Kier alpha value is -4.19. The van der Waals surface area contributed by atoms with Gasteiger partial charge in [-0.05, 0) is 51.3 Å². The third-order valence-corrected chi connectivity index (χ3v) is 7.18. The van der Waals surface area contributed by atoms with Crippen molar-refractivity contribution in [3.05, 3.63) is 81.6 Å². The first kappa shape index (κ1) is 25.5. The van der Waals surface area contributed by atoms with Crippen molar-refractivity contribution in [3.8, 4) is 5.69 Å². The van der Waals surface area contributed by atoms with E-state index in [0.717, 1.165) is 25.9 Å². The number of esters is 1. The molecule has 3 atom stereocenters. The molecule has 1 N–H and O–H groups in total. The SMILES string of the molecule is CSC1=N[C@H](C(=O)OC(C)(C)C)[C@@H]2C(=O)N(c3ccccc3)C(=O)[C@]12n1[nH]c(=O)n(-c2ccccc2)c1=O. The number of H-pyrrole nitrogens is 1. The number of hydrogen-bond donors (Lipinski definition) is 1. The zero-order chi connectivity index (χ0) is 27.4. The second-order valence-electron chi connectivity index (χ2n) is 9.88. The van der Waals surface area contributed by atoms with Crippen LogP contribution in [0.2, 0.25) is 0 Å². The first-order chi connectivity index (χ1) is 18.0. The lowest BCUT2D eigenvalue weighted by Gasteiger charge is -2.28. The maximum absolute atomic E-state index is 14.3. The van der Waals surface area contributed by atoms with Crippen molar-refractivity contribution in [1.29, 1.82) is 0 Å². The van der Waals surface area contributed by atoms with Crippen LogP contribution in [0.15, 0.2) is 75.2 Å². The van der Waals surface area contributed by atoms with Crippen LogP contribution in [-0.2, 0) is 24.7 Å². The number of imide groups is 1. The molecule has 2 aliphatic heterocycles. The Morgan fingerprint density at radius 1 is 0.974 bits per heavy atom. The molecule has 0 radical (unpaired) electrons. The highest BCUT2D eigenvalue weighted by Gasteiger charge is 2.72. The number of hydrogen-bond acceptors (Lipinski definition) is 8. The van der Waals surface area contributed by atoms with Crippen LogP contribution in [0.5, 0.6) is 0 Å². The molecule has 38 heavy (non-hydrogen) atoms. The lowest BCUT2D eigenvalue weighted by atomic mass is 9.84. The molecule has 0 bridgehead atoms. The summed E-state index contributed by atoms with van der Waals surface area (Å²) in [7, 11) is 0. The van der Waals surface area contributed by atoms with E-state index in [4.69, 9.17) is 4.74 Å². The van der Waals surface area contributed by atoms with Gasteiger partial charge in [0.1, 0.15) is 16.6 Å². The third-order valence-electron chi connectivity index (χ3n) is 6.38. The summed E-state index contributed by atoms with van der Waals surface area (Å²) < 4.78 is 7.27. The maximum Gasteiger partial charge on any atom is 0.353 e. The zero-order valence-corrected chi connectivity index (χ0v) is 21.9. The highest BCUT2D eigenvalue weighted by atomic mass is 32.2. The summed E-state index contributed by atoms with van der Waals surface area (Å²) in [6, 6.07) is 14.9. The molecule has 3 heterocycles. The molecular weight excluding hydrogens is 510 g/mol. The van der Waals surface area contributed by atoms with Gasteiger partial charge in [0.15, 0.2) is 6.04 Å². The average molecular weight is 536 g/mol. The minimum Gasteiger partial charge on any atom is -0.458 e. The summed E-state index contributed by atoms with van der Waals surface area (Å²) in [5.41, 5.74) is -4.15. The molecule has 0 spiro atoms. The van der Waals surface area contributed by atoms with Gasteiger partial charge < -0.3 is 4.74 Å². The Morgan fingerprint density at radius 3 is 2.11 bits per heavy atom. The molecule has 0 saturated carbocycles. The van der Waals surface area contributed by atoms with Crippen LogP contribution in [0.3, 0.4) is 0 Å². The van der Waals surface area contributed by atoms with Gasteiger partial charge >= 0.3 is 17.3 Å². The normalized spacial score (nSPS) is 22.9. The number of carbonyl (C=O) groups excluding carboxylic acids is 3. The van der Waals surface area contributed by atoms with E-state index in [9.17, 15) is 24.0 Å². The number of aliphatic imine (C=N–C) groups is 1. The summed E-state index contributed by atoms with van der Waals surface area (Å²) in [4.78, 5) is 73.9. The van der Waals surface area contributed by atoms with Crippen LogP contribution in [0.4, 0.5) is 5.69 Å². The second-order valence-corrected chi connectivity index (χ2v) is 10.7. The fraction of sp³-hybridized carbons (Fsp3) is 0.308. The van der Waals surface area contributed by atoms with Crippen LogP contribution >= 0.6 is 11.8 Å². The lowest BCUT2D eigenvalue weighted by molar-refractivity contribution is -0.159. The number of carbonyl (C=O) groups is 3. The smallest absolute Gasteiger partial charge is 0.353 e. The van der Waals surface area contributed by atoms with Gasteiger partial charge in [-0.3, -0.25) is 14.6 Å². The average Bonchev–Trinajstić information content (AvgIpc) is 3.45. The van der Waals surface area contributed by atoms with E-state index in [-0.39, 0.29) is 16.4 Å². The molecule has 2 aromatic carbocycles. The molecule has 2 amide bonds. The Kier molecular flexibility index (Phi) is 6.02. The zero-order valence-electron chi connectivity index (χ0n) is 21.1. The minimum atomic E-state index is -2.09. The number of nitrogens with one attached hydrogen (secondary N) is 1. The van der Waals surface area contributed by atoms with Crippen LogP contribution in [0, 0.1) is 5.92 Å². The van der Waals surface area contributed by atoms with E-state index in [1.54, 1.807) is 87.7 Å². The summed E-state index contributed by atoms with van der Waals surface area (Å²) >= 11 is 1.02. The fourth-order valence-corrected chi connectivity index (χ4v) is 5.78. The molecular formula is C26H25N5O6S. The standard InChI is InChI=1S/C26H25N5O6S/c1-25(2,3)37-20(33)18-17-19(32)29(15-11-7-5-8-12-15)22(34)26(17,21(27-18)38-4)31-24(36)30(23(35)28-31)16-13-9-6-10-14-16/h5-14,17-18H,1-4H3,(H,28,35)/t17-,18+,26-/m1/s1. The summed E-state index contributed by atoms with van der Waals surface area (Å²) in [5.74, 6) is -3.82. The molecule has 5 rings (SSSR count). The van der Waals surface area contributed by atoms with Gasteiger partial charge in [0, 0.05) is 0 Å². The van der Waals surface area contributed by atoms with Gasteiger partial charge in [-0.15, -0.1) is 11.8 Å². The molecule has 2 aliphatic rings. The molecule has 3 aromatic rings. The molecule has 0 aliphatic carbocycles. The summed E-state index contributed by atoms with van der Waals surface area (Å²) in [5, 5.41) is 2.52. The molecule has 0 unspecified atom stereocenters. The minimum absolute atomic E-state index is 0.0405. The highest BCUT2D eigenvalue weighted by molar-refractivity contribution is 8.13. The van der Waals surface area contributed by atoms with Crippen molar-refractivity contribution in [2.24, 2.45) is 10.9 Å². The van der Waals surface area contributed by atoms with Crippen LogP contribution in [0.25, 0.3) is 5.69 Å². The van der Waals surface area contributed by atoms with Crippen molar-refractivity contribution in [2.45, 2.75) is 38.0 Å². The van der Waals surface area contributed by atoms with Gasteiger partial charge in [-0.25, -0.2) is 33.6 Å². The number of para-hydroxylation sites is 2. The predicted octanol–water partition coefficient (Wildman–Crippen LogP) is 1.70. The Morgan fingerprint density at radius 2 is 1.55 bits per heavy atom. The number of ether oxygens (including phenoxy) is 1. The monoisotopic (exact) mass is 535 g/mol. The van der Waals surface area contributed by atoms with Gasteiger partial charge in [0.2, 0.25) is 11.4 Å². The van der Waals surface area contributed by atoms with E-state index >= 15 is 0 Å². The van der Waals surface area contributed by atoms with Gasteiger partial charge in [0.25, 0.3) is 5.91 Å². The van der Waals surface area contributed by atoms with E-state index < -0.39 is 52.3 Å². The number of thioether (sulfide) groups is 1. The van der Waals surface area contributed by atoms with Gasteiger partial charge in [-0.2, -0.15) is 0 Å². The number of fused-ring (bicyclic) bond motifs is 1. The number of nitrogens with zero attached hydrogens (tertiary/aromatic N) is 4. The quantitative estimate of drug-likeness (QED) is 0.397. The number of aromatic amines is 1. The number of aromatic nitrogens is 3. The number of benzene rings is 2. The van der Waals surface area contributed by atoms with Crippen molar-refractivity contribution < 1.29 is 19.1 Å². The van der Waals surface area contributed by atoms with Crippen LogP contribution < -0.4 is 16.3 Å². The van der Waals surface area contributed by atoms with E-state index in [1.165, 1.54) is 0 Å². The van der Waals surface area contributed by atoms with Crippen LogP contribution in [-0.4, -0.2) is 55.1 Å². The van der Waals surface area contributed by atoms with Gasteiger partial charge in [0.05, 0.1) is 11.4 Å². The predicted molar refractivity (Wildman–Crippen MR) is 142 cm³/mol. The first-order valence-electron chi connectivity index (χ1n) is 11.8. The molecule has 12 heteroatoms. The molecule has 1 saturated heterocycles. The Labute approximate surface area is 221 Å². The topological polar surface area (TPSA) is 136 Å². The second kappa shape index (κ2) is 8.98. The fourth-order valence-electron chi connectivity index (χ4n) is 4.94. The highest BCUT2D eigenvalue weighted by Crippen LogP contribution is 2.49. The van der Waals surface area contributed by atoms with E-state index in [1.807, 2.05) is 0 Å². The third kappa shape index (κ3) is 3.66. The largest absolute Gasteiger partial charge is 0.458 e. The molecule has 1 aromatic heterocycles. The summed E-state index contributed by atoms with van der Waals surface area (Å²) in [6.45, 7) is 5.02. The van der Waals surface area contributed by atoms with Crippen molar-refractivity contribution in [2.75, 3.05) is 11.2 Å². The number of amides is 2. The lowest BCUT2D eigenvalue weighted by Crippen LogP contribution is -2.55. The maximum atomic E-state index is 14.3. The molecule has 1 fully saturated rings. The first-order valence-corrected chi connectivity index (χ1v) is 13.0.